The van der Waals surface area contributed by atoms with Crippen LogP contribution in [0.5, 0.6) is 0 Å². The van der Waals surface area contributed by atoms with Crippen molar-refractivity contribution in [2.24, 2.45) is 11.1 Å². The van der Waals surface area contributed by atoms with E-state index >= 15 is 0 Å². The molecule has 5 nitrogen and oxygen atoms in total. The van der Waals surface area contributed by atoms with Crippen LogP contribution in [-0.4, -0.2) is 23.5 Å². The maximum absolute atomic E-state index is 12.1. The highest BCUT2D eigenvalue weighted by Gasteiger charge is 2.49. The molecular weight excluding hydrogens is 252 g/mol. The van der Waals surface area contributed by atoms with Crippen LogP contribution in [0.2, 0.25) is 0 Å². The first-order valence-corrected chi connectivity index (χ1v) is 6.71. The van der Waals surface area contributed by atoms with Gasteiger partial charge < -0.3 is 16.2 Å². The second kappa shape index (κ2) is 5.07. The highest BCUT2D eigenvalue weighted by Crippen LogP contribution is 2.45. The Kier molecular flexibility index (Phi) is 3.68. The zero-order valence-corrected chi connectivity index (χ0v) is 10.7. The fourth-order valence-corrected chi connectivity index (χ4v) is 2.65. The Morgan fingerprint density at radius 2 is 2.28 bits per heavy atom. The van der Waals surface area contributed by atoms with Gasteiger partial charge in [-0.25, -0.2) is 0 Å². The third kappa shape index (κ3) is 2.70. The fraction of sp³-hybridized carbons (Fsp3) is 0.500. The van der Waals surface area contributed by atoms with Gasteiger partial charge in [-0.15, -0.1) is 11.3 Å². The van der Waals surface area contributed by atoms with Crippen LogP contribution >= 0.6 is 11.3 Å². The van der Waals surface area contributed by atoms with E-state index in [1.807, 2.05) is 17.5 Å². The standard InChI is InChI=1S/C12H16N2O3S/c13-7-12(3-4-12)11(17)14-8(6-10(15)16)9-2-1-5-18-9/h1-2,5,8H,3-4,6-7,13H2,(H,14,17)(H,15,16). The van der Waals surface area contributed by atoms with Crippen molar-refractivity contribution in [3.05, 3.63) is 22.4 Å². The molecular formula is C12H16N2O3S. The van der Waals surface area contributed by atoms with Crippen LogP contribution in [0.1, 0.15) is 30.2 Å². The number of hydrogen-bond acceptors (Lipinski definition) is 4. The van der Waals surface area contributed by atoms with Gasteiger partial charge in [0.25, 0.3) is 0 Å². The quantitative estimate of drug-likeness (QED) is 0.721. The monoisotopic (exact) mass is 268 g/mol. The maximum atomic E-state index is 12.1. The van der Waals surface area contributed by atoms with E-state index in [1.165, 1.54) is 11.3 Å². The first-order chi connectivity index (χ1) is 8.57. The molecule has 0 spiro atoms. The molecule has 1 heterocycles. The lowest BCUT2D eigenvalue weighted by molar-refractivity contribution is -0.138. The fourth-order valence-electron chi connectivity index (χ4n) is 1.87. The number of rotatable bonds is 6. The van der Waals surface area contributed by atoms with Gasteiger partial charge in [0, 0.05) is 11.4 Å². The molecule has 1 saturated carbocycles. The van der Waals surface area contributed by atoms with Crippen molar-refractivity contribution in [1.29, 1.82) is 0 Å². The van der Waals surface area contributed by atoms with Gasteiger partial charge in [0.15, 0.2) is 0 Å². The average Bonchev–Trinajstić information content (AvgIpc) is 2.94. The van der Waals surface area contributed by atoms with Crippen LogP contribution in [-0.2, 0) is 9.59 Å². The molecule has 0 bridgehead atoms. The smallest absolute Gasteiger partial charge is 0.305 e. The second-order valence-corrected chi connectivity index (χ2v) is 5.60. The van der Waals surface area contributed by atoms with E-state index < -0.39 is 17.4 Å². The van der Waals surface area contributed by atoms with Crippen LogP contribution < -0.4 is 11.1 Å². The number of thiophene rings is 1. The van der Waals surface area contributed by atoms with Crippen LogP contribution in [0, 0.1) is 5.41 Å². The normalized spacial score (nSPS) is 18.1. The molecule has 0 aromatic carbocycles. The van der Waals surface area contributed by atoms with Gasteiger partial charge >= 0.3 is 5.97 Å². The summed E-state index contributed by atoms with van der Waals surface area (Å²) in [7, 11) is 0. The zero-order chi connectivity index (χ0) is 13.2. The molecule has 18 heavy (non-hydrogen) atoms. The van der Waals surface area contributed by atoms with Crippen molar-refractivity contribution in [3.63, 3.8) is 0 Å². The van der Waals surface area contributed by atoms with Crippen LogP contribution in [0.4, 0.5) is 0 Å². The molecule has 1 fully saturated rings. The van der Waals surface area contributed by atoms with Gasteiger partial charge in [-0.3, -0.25) is 9.59 Å². The van der Waals surface area contributed by atoms with E-state index in [0.29, 0.717) is 6.54 Å². The molecule has 0 radical (unpaired) electrons. The second-order valence-electron chi connectivity index (χ2n) is 4.62. The summed E-state index contributed by atoms with van der Waals surface area (Å²) in [6.45, 7) is 0.322. The van der Waals surface area contributed by atoms with Crippen molar-refractivity contribution in [2.75, 3.05) is 6.54 Å². The molecule has 0 aliphatic heterocycles. The summed E-state index contributed by atoms with van der Waals surface area (Å²) in [5.41, 5.74) is 5.14. The summed E-state index contributed by atoms with van der Waals surface area (Å²) < 4.78 is 0. The Balaban J connectivity index is 2.06. The summed E-state index contributed by atoms with van der Waals surface area (Å²) in [4.78, 5) is 23.8. The van der Waals surface area contributed by atoms with E-state index in [-0.39, 0.29) is 12.3 Å². The van der Waals surface area contributed by atoms with Gasteiger partial charge in [-0.05, 0) is 24.3 Å². The third-order valence-electron chi connectivity index (χ3n) is 3.30. The average molecular weight is 268 g/mol. The summed E-state index contributed by atoms with van der Waals surface area (Å²) in [6, 6.07) is 3.22. The topological polar surface area (TPSA) is 92.4 Å². The number of carboxylic acid groups (broad SMARTS) is 1. The molecule has 4 N–H and O–H groups in total. The number of carbonyl (C=O) groups is 2. The number of nitrogens with two attached hydrogens (primary N) is 1. The van der Waals surface area contributed by atoms with Gasteiger partial charge in [0.05, 0.1) is 17.9 Å². The maximum Gasteiger partial charge on any atom is 0.305 e. The number of hydrogen-bond donors (Lipinski definition) is 3. The molecule has 1 aliphatic rings. The molecule has 1 unspecified atom stereocenters. The number of carboxylic acids is 1. The van der Waals surface area contributed by atoms with Crippen molar-refractivity contribution in [1.82, 2.24) is 5.32 Å². The Morgan fingerprint density at radius 3 is 2.72 bits per heavy atom. The Hall–Kier alpha value is -1.40. The number of amides is 1. The molecule has 1 aliphatic carbocycles. The van der Waals surface area contributed by atoms with Crippen molar-refractivity contribution >= 4 is 23.2 Å². The van der Waals surface area contributed by atoms with E-state index in [0.717, 1.165) is 17.7 Å². The van der Waals surface area contributed by atoms with Crippen molar-refractivity contribution in [2.45, 2.75) is 25.3 Å². The lowest BCUT2D eigenvalue weighted by atomic mass is 10.1. The minimum Gasteiger partial charge on any atom is -0.481 e. The Labute approximate surface area is 109 Å². The zero-order valence-electron chi connectivity index (χ0n) is 9.89. The largest absolute Gasteiger partial charge is 0.481 e. The summed E-state index contributed by atoms with van der Waals surface area (Å²) in [6.07, 6.45) is 1.48. The molecule has 1 atom stereocenters. The number of aliphatic carboxylic acids is 1. The van der Waals surface area contributed by atoms with Gasteiger partial charge in [0.1, 0.15) is 0 Å². The van der Waals surface area contributed by atoms with Crippen LogP contribution in [0.25, 0.3) is 0 Å². The molecule has 1 amide bonds. The lowest BCUT2D eigenvalue weighted by Crippen LogP contribution is -2.39. The molecule has 1 aromatic rings. The van der Waals surface area contributed by atoms with E-state index in [2.05, 4.69) is 5.32 Å². The summed E-state index contributed by atoms with van der Waals surface area (Å²) >= 11 is 1.44. The minimum atomic E-state index is -0.925. The molecule has 2 rings (SSSR count). The Bertz CT molecular complexity index is 440. The van der Waals surface area contributed by atoms with E-state index in [4.69, 9.17) is 10.8 Å². The predicted octanol–water partition coefficient (Wildman–Crippen LogP) is 1.12. The van der Waals surface area contributed by atoms with Gasteiger partial charge in [-0.1, -0.05) is 6.07 Å². The van der Waals surface area contributed by atoms with E-state index in [1.54, 1.807) is 0 Å². The minimum absolute atomic E-state index is 0.104. The Morgan fingerprint density at radius 1 is 1.56 bits per heavy atom. The highest BCUT2D eigenvalue weighted by atomic mass is 32.1. The molecule has 0 saturated heterocycles. The van der Waals surface area contributed by atoms with Crippen LogP contribution in [0.3, 0.4) is 0 Å². The first kappa shape index (κ1) is 13.0. The highest BCUT2D eigenvalue weighted by molar-refractivity contribution is 7.10. The molecule has 1 aromatic heterocycles. The SMILES string of the molecule is NCC1(C(=O)NC(CC(=O)O)c2cccs2)CC1. The number of nitrogens with one attached hydrogen (secondary N) is 1. The van der Waals surface area contributed by atoms with Gasteiger partial charge in [-0.2, -0.15) is 0 Å². The molecule has 6 heteroatoms. The first-order valence-electron chi connectivity index (χ1n) is 5.84. The predicted molar refractivity (Wildman–Crippen MR) is 68.2 cm³/mol. The van der Waals surface area contributed by atoms with E-state index in [9.17, 15) is 9.59 Å². The van der Waals surface area contributed by atoms with Crippen LogP contribution in [0.15, 0.2) is 17.5 Å². The number of carbonyl (C=O) groups excluding carboxylic acids is 1. The van der Waals surface area contributed by atoms with Gasteiger partial charge in [0.2, 0.25) is 5.91 Å². The third-order valence-corrected chi connectivity index (χ3v) is 4.28. The van der Waals surface area contributed by atoms with Crippen molar-refractivity contribution < 1.29 is 14.7 Å². The lowest BCUT2D eigenvalue weighted by Gasteiger charge is -2.19. The summed E-state index contributed by atoms with van der Waals surface area (Å²) in [5, 5.41) is 13.6. The summed E-state index contributed by atoms with van der Waals surface area (Å²) in [5.74, 6) is -1.05. The van der Waals surface area contributed by atoms with Crippen molar-refractivity contribution in [3.8, 4) is 0 Å². The molecule has 98 valence electrons.